The van der Waals surface area contributed by atoms with Crippen molar-refractivity contribution < 1.29 is 5.11 Å². The van der Waals surface area contributed by atoms with Crippen LogP contribution in [-0.2, 0) is 0 Å². The van der Waals surface area contributed by atoms with Crippen molar-refractivity contribution in [3.63, 3.8) is 0 Å². The Kier molecular flexibility index (Phi) is 3.86. The van der Waals surface area contributed by atoms with Crippen LogP contribution in [0.2, 0.25) is 0 Å². The van der Waals surface area contributed by atoms with E-state index in [1.807, 2.05) is 0 Å². The van der Waals surface area contributed by atoms with E-state index in [0.29, 0.717) is 0 Å². The zero-order valence-electron chi connectivity index (χ0n) is 6.52. The maximum atomic E-state index is 10.0. The first-order chi connectivity index (χ1) is 5.15. The van der Waals surface area contributed by atoms with E-state index in [0.717, 1.165) is 25.7 Å². The monoisotopic (exact) mass is 284 g/mol. The molecule has 1 aliphatic carbocycles. The molecule has 1 fully saturated rings. The average molecular weight is 286 g/mol. The molecule has 0 unspecified atom stereocenters. The summed E-state index contributed by atoms with van der Waals surface area (Å²) in [7, 11) is 0. The third-order valence-corrected chi connectivity index (χ3v) is 4.08. The Morgan fingerprint density at radius 2 is 1.45 bits per heavy atom. The molecule has 0 aliphatic heterocycles. The first-order valence-corrected chi connectivity index (χ1v) is 5.99. The van der Waals surface area contributed by atoms with Gasteiger partial charge in [-0.2, -0.15) is 0 Å². The fraction of sp³-hybridized carbons (Fsp3) is 1.00. The Morgan fingerprint density at radius 1 is 1.00 bits per heavy atom. The van der Waals surface area contributed by atoms with Crippen LogP contribution in [0.25, 0.3) is 0 Å². The highest BCUT2D eigenvalue weighted by Gasteiger charge is 2.33. The molecule has 0 atom stereocenters. The lowest BCUT2D eigenvalue weighted by Gasteiger charge is -2.28. The van der Waals surface area contributed by atoms with Gasteiger partial charge in [0.25, 0.3) is 0 Å². The molecule has 1 aliphatic rings. The topological polar surface area (TPSA) is 20.2 Å². The number of hydrogen-bond donors (Lipinski definition) is 1. The van der Waals surface area contributed by atoms with Gasteiger partial charge < -0.3 is 5.11 Å². The Hall–Kier alpha value is 0.920. The highest BCUT2D eigenvalue weighted by atomic mass is 79.9. The van der Waals surface area contributed by atoms with Gasteiger partial charge in [-0.25, -0.2) is 0 Å². The summed E-state index contributed by atoms with van der Waals surface area (Å²) in [5.41, 5.74) is -0.503. The van der Waals surface area contributed by atoms with Crippen molar-refractivity contribution in [2.45, 2.75) is 47.9 Å². The Labute approximate surface area is 84.8 Å². The number of alkyl halides is 2. The molecule has 1 saturated carbocycles. The van der Waals surface area contributed by atoms with Gasteiger partial charge in [0.15, 0.2) is 0 Å². The standard InChI is InChI=1S/C8H14Br2O/c9-7(10)8(11)5-3-1-2-4-6-8/h7,11H,1-6H2. The van der Waals surface area contributed by atoms with Crippen LogP contribution in [0.4, 0.5) is 0 Å². The van der Waals surface area contributed by atoms with Crippen LogP contribution in [-0.4, -0.2) is 14.4 Å². The fourth-order valence-corrected chi connectivity index (χ4v) is 2.47. The molecule has 0 aromatic heterocycles. The quantitative estimate of drug-likeness (QED) is 0.580. The molecule has 0 aromatic rings. The molecule has 0 bridgehead atoms. The van der Waals surface area contributed by atoms with Gasteiger partial charge in [-0.3, -0.25) is 0 Å². The minimum Gasteiger partial charge on any atom is -0.388 e. The summed E-state index contributed by atoms with van der Waals surface area (Å²) in [4.78, 5) is 0. The average Bonchev–Trinajstić information content (AvgIpc) is 2.15. The van der Waals surface area contributed by atoms with Crippen molar-refractivity contribution in [3.8, 4) is 0 Å². The van der Waals surface area contributed by atoms with Crippen LogP contribution in [0.15, 0.2) is 0 Å². The third kappa shape index (κ3) is 2.71. The van der Waals surface area contributed by atoms with Crippen molar-refractivity contribution in [1.29, 1.82) is 0 Å². The van der Waals surface area contributed by atoms with Crippen molar-refractivity contribution in [1.82, 2.24) is 0 Å². The van der Waals surface area contributed by atoms with Crippen LogP contribution < -0.4 is 0 Å². The van der Waals surface area contributed by atoms with Gasteiger partial charge in [-0.05, 0) is 12.8 Å². The largest absolute Gasteiger partial charge is 0.388 e. The second-order valence-corrected chi connectivity index (χ2v) is 6.38. The zero-order valence-corrected chi connectivity index (χ0v) is 9.70. The normalized spacial score (nSPS) is 25.1. The van der Waals surface area contributed by atoms with Gasteiger partial charge in [0.05, 0.1) is 9.34 Å². The molecule has 0 aromatic carbocycles. The van der Waals surface area contributed by atoms with E-state index in [1.54, 1.807) is 0 Å². The summed E-state index contributed by atoms with van der Waals surface area (Å²) in [6, 6.07) is 0. The number of rotatable bonds is 1. The molecule has 0 radical (unpaired) electrons. The van der Waals surface area contributed by atoms with E-state index in [9.17, 15) is 5.11 Å². The van der Waals surface area contributed by atoms with E-state index in [-0.39, 0.29) is 3.74 Å². The lowest BCUT2D eigenvalue weighted by Crippen LogP contribution is -2.34. The van der Waals surface area contributed by atoms with E-state index in [2.05, 4.69) is 31.9 Å². The van der Waals surface area contributed by atoms with Crippen LogP contribution >= 0.6 is 31.9 Å². The minimum atomic E-state index is -0.503. The van der Waals surface area contributed by atoms with Gasteiger partial charge in [0.1, 0.15) is 0 Å². The SMILES string of the molecule is OC1(C(Br)Br)CCCCCC1. The molecule has 0 amide bonds. The molecule has 0 heterocycles. The molecule has 11 heavy (non-hydrogen) atoms. The predicted molar refractivity (Wildman–Crippen MR) is 54.3 cm³/mol. The van der Waals surface area contributed by atoms with Crippen LogP contribution in [0.3, 0.4) is 0 Å². The van der Waals surface area contributed by atoms with Gasteiger partial charge in [-0.1, -0.05) is 57.5 Å². The summed E-state index contributed by atoms with van der Waals surface area (Å²) in [6.07, 6.45) is 6.71. The van der Waals surface area contributed by atoms with Crippen molar-refractivity contribution >= 4 is 31.9 Å². The second-order valence-electron chi connectivity index (χ2n) is 3.32. The first-order valence-electron chi connectivity index (χ1n) is 4.16. The molecule has 1 nitrogen and oxygen atoms in total. The van der Waals surface area contributed by atoms with Crippen molar-refractivity contribution in [3.05, 3.63) is 0 Å². The van der Waals surface area contributed by atoms with Crippen LogP contribution in [0, 0.1) is 0 Å². The van der Waals surface area contributed by atoms with Gasteiger partial charge in [0.2, 0.25) is 0 Å². The third-order valence-electron chi connectivity index (χ3n) is 2.38. The zero-order chi connectivity index (χ0) is 8.32. The maximum absolute atomic E-state index is 10.0. The summed E-state index contributed by atoms with van der Waals surface area (Å²) < 4.78 is 0.0561. The molecule has 3 heteroatoms. The Morgan fingerprint density at radius 3 is 1.82 bits per heavy atom. The summed E-state index contributed by atoms with van der Waals surface area (Å²) >= 11 is 6.79. The van der Waals surface area contributed by atoms with Crippen molar-refractivity contribution in [2.24, 2.45) is 0 Å². The first kappa shape index (κ1) is 10.0. The summed E-state index contributed by atoms with van der Waals surface area (Å²) in [6.45, 7) is 0. The lowest BCUT2D eigenvalue weighted by molar-refractivity contribution is 0.0445. The van der Waals surface area contributed by atoms with E-state index < -0.39 is 5.60 Å². The van der Waals surface area contributed by atoms with E-state index in [4.69, 9.17) is 0 Å². The van der Waals surface area contributed by atoms with Crippen LogP contribution in [0.5, 0.6) is 0 Å². The molecular weight excluding hydrogens is 272 g/mol. The van der Waals surface area contributed by atoms with Gasteiger partial charge >= 0.3 is 0 Å². The second kappa shape index (κ2) is 4.24. The molecular formula is C8H14Br2O. The number of halogens is 2. The van der Waals surface area contributed by atoms with Gasteiger partial charge in [-0.15, -0.1) is 0 Å². The summed E-state index contributed by atoms with van der Waals surface area (Å²) in [5.74, 6) is 0. The Bertz CT molecular complexity index is 117. The molecule has 0 saturated heterocycles. The molecule has 1 N–H and O–H groups in total. The van der Waals surface area contributed by atoms with E-state index >= 15 is 0 Å². The minimum absolute atomic E-state index is 0.0561. The molecule has 1 rings (SSSR count). The van der Waals surface area contributed by atoms with Crippen molar-refractivity contribution in [2.75, 3.05) is 0 Å². The Balaban J connectivity index is 2.52. The van der Waals surface area contributed by atoms with E-state index in [1.165, 1.54) is 12.8 Å². The molecule has 66 valence electrons. The number of aliphatic hydroxyl groups is 1. The number of hydrogen-bond acceptors (Lipinski definition) is 1. The van der Waals surface area contributed by atoms with Crippen LogP contribution in [0.1, 0.15) is 38.5 Å². The van der Waals surface area contributed by atoms with Gasteiger partial charge in [0, 0.05) is 0 Å². The lowest BCUT2D eigenvalue weighted by atomic mass is 9.97. The highest BCUT2D eigenvalue weighted by Crippen LogP contribution is 2.35. The maximum Gasteiger partial charge on any atom is 0.0983 e. The fourth-order valence-electron chi connectivity index (χ4n) is 1.56. The predicted octanol–water partition coefficient (Wildman–Crippen LogP) is 3.19. The molecule has 0 spiro atoms. The highest BCUT2D eigenvalue weighted by molar-refractivity contribution is 9.24. The summed E-state index contributed by atoms with van der Waals surface area (Å²) in [5, 5.41) is 10.0. The smallest absolute Gasteiger partial charge is 0.0983 e.